The average molecular weight is 392 g/mol. The smallest absolute Gasteiger partial charge is 0.277 e. The molecule has 2 aromatic rings. The van der Waals surface area contributed by atoms with Crippen LogP contribution >= 0.6 is 0 Å². The number of benzene rings is 1. The molecule has 1 aromatic carbocycles. The number of anilines is 1. The van der Waals surface area contributed by atoms with Crippen molar-refractivity contribution in [2.75, 3.05) is 37.7 Å². The Balaban J connectivity index is 1.52. The first-order valence-corrected chi connectivity index (χ1v) is 10.7. The molecule has 2 aliphatic heterocycles. The molecule has 146 valence electrons. The second kappa shape index (κ2) is 7.49. The Kier molecular flexibility index (Phi) is 5.07. The predicted molar refractivity (Wildman–Crippen MR) is 104 cm³/mol. The average Bonchev–Trinajstić information content (AvgIpc) is 2.66. The van der Waals surface area contributed by atoms with Crippen LogP contribution in [0, 0.1) is 0 Å². The molecule has 4 rings (SSSR count). The zero-order valence-electron chi connectivity index (χ0n) is 15.3. The summed E-state index contributed by atoms with van der Waals surface area (Å²) in [5, 5.41) is 1.02. The van der Waals surface area contributed by atoms with E-state index in [1.165, 1.54) is 0 Å². The van der Waals surface area contributed by atoms with Crippen molar-refractivity contribution < 1.29 is 17.9 Å². The highest BCUT2D eigenvalue weighted by Gasteiger charge is 2.25. The first-order chi connectivity index (χ1) is 13.1. The zero-order valence-corrected chi connectivity index (χ0v) is 16.1. The number of fused-ring (bicyclic) bond motifs is 2. The molecule has 9 heteroatoms. The van der Waals surface area contributed by atoms with Crippen LogP contribution in [-0.2, 0) is 10.2 Å². The van der Waals surface area contributed by atoms with Crippen molar-refractivity contribution in [3.63, 3.8) is 0 Å². The lowest BCUT2D eigenvalue weighted by Gasteiger charge is -2.34. The van der Waals surface area contributed by atoms with E-state index >= 15 is 0 Å². The minimum absolute atomic E-state index is 0.0529. The van der Waals surface area contributed by atoms with Gasteiger partial charge in [0.1, 0.15) is 13.2 Å². The molecule has 0 bridgehead atoms. The van der Waals surface area contributed by atoms with E-state index in [1.807, 2.05) is 18.2 Å². The molecule has 1 saturated heterocycles. The number of nitrogens with zero attached hydrogens (tertiary/aromatic N) is 2. The Labute approximate surface area is 159 Å². The Bertz CT molecular complexity index is 926. The minimum atomic E-state index is -3.42. The molecular weight excluding hydrogens is 368 g/mol. The van der Waals surface area contributed by atoms with Gasteiger partial charge in [-0.15, -0.1) is 0 Å². The molecule has 27 heavy (non-hydrogen) atoms. The first-order valence-electron chi connectivity index (χ1n) is 9.26. The standard InChI is InChI=1S/C18H24N4O4S/c1-2-20-27(23,24)21-13-4-7-22(8-5-13)16-3-6-19-15-12-18-17(11-14(15)16)25-9-10-26-18/h3,6,11-13,20-21H,2,4-5,7-10H2,1H3. The summed E-state index contributed by atoms with van der Waals surface area (Å²) in [6.07, 6.45) is 3.30. The molecule has 1 aromatic heterocycles. The summed E-state index contributed by atoms with van der Waals surface area (Å²) in [7, 11) is -3.42. The lowest BCUT2D eigenvalue weighted by molar-refractivity contribution is 0.172. The van der Waals surface area contributed by atoms with Gasteiger partial charge in [-0.25, -0.2) is 4.72 Å². The van der Waals surface area contributed by atoms with Crippen LogP contribution in [0.25, 0.3) is 10.9 Å². The quantitative estimate of drug-likeness (QED) is 0.800. The summed E-state index contributed by atoms with van der Waals surface area (Å²) in [6.45, 7) is 4.79. The predicted octanol–water partition coefficient (Wildman–Crippen LogP) is 1.42. The van der Waals surface area contributed by atoms with E-state index in [1.54, 1.807) is 13.1 Å². The van der Waals surface area contributed by atoms with Crippen LogP contribution in [0.3, 0.4) is 0 Å². The maximum absolute atomic E-state index is 11.9. The van der Waals surface area contributed by atoms with Gasteiger partial charge in [-0.05, 0) is 25.0 Å². The zero-order chi connectivity index (χ0) is 18.9. The van der Waals surface area contributed by atoms with Gasteiger partial charge in [-0.1, -0.05) is 6.92 Å². The number of nitrogens with one attached hydrogen (secondary N) is 2. The van der Waals surface area contributed by atoms with Crippen molar-refractivity contribution in [1.29, 1.82) is 0 Å². The van der Waals surface area contributed by atoms with E-state index in [4.69, 9.17) is 9.47 Å². The second-order valence-corrected chi connectivity index (χ2v) is 8.25. The van der Waals surface area contributed by atoms with Crippen molar-refractivity contribution in [1.82, 2.24) is 14.4 Å². The van der Waals surface area contributed by atoms with E-state index in [0.29, 0.717) is 19.8 Å². The number of ether oxygens (including phenoxy) is 2. The summed E-state index contributed by atoms with van der Waals surface area (Å²) < 4.78 is 40.4. The molecule has 0 spiro atoms. The lowest BCUT2D eigenvalue weighted by atomic mass is 10.0. The number of piperidine rings is 1. The maximum Gasteiger partial charge on any atom is 0.277 e. The van der Waals surface area contributed by atoms with Crippen molar-refractivity contribution in [3.8, 4) is 11.5 Å². The van der Waals surface area contributed by atoms with Crippen molar-refractivity contribution >= 4 is 26.8 Å². The summed E-state index contributed by atoms with van der Waals surface area (Å²) in [5.41, 5.74) is 1.96. The summed E-state index contributed by atoms with van der Waals surface area (Å²) in [5.74, 6) is 1.48. The first kappa shape index (κ1) is 18.3. The van der Waals surface area contributed by atoms with Gasteiger partial charge in [-0.3, -0.25) is 4.98 Å². The SMILES string of the molecule is CCNS(=O)(=O)NC1CCN(c2ccnc3cc4c(cc23)OCCO4)CC1. The molecule has 0 saturated carbocycles. The molecule has 3 heterocycles. The van der Waals surface area contributed by atoms with Gasteiger partial charge >= 0.3 is 0 Å². The molecule has 0 radical (unpaired) electrons. The monoisotopic (exact) mass is 392 g/mol. The third kappa shape index (κ3) is 3.95. The topological polar surface area (TPSA) is 92.8 Å². The van der Waals surface area contributed by atoms with E-state index in [-0.39, 0.29) is 6.04 Å². The van der Waals surface area contributed by atoms with Crippen LogP contribution in [-0.4, -0.2) is 52.3 Å². The Morgan fingerprint density at radius 3 is 2.59 bits per heavy atom. The summed E-state index contributed by atoms with van der Waals surface area (Å²) in [6, 6.07) is 5.86. The van der Waals surface area contributed by atoms with Crippen molar-refractivity contribution in [3.05, 3.63) is 24.4 Å². The van der Waals surface area contributed by atoms with E-state index in [0.717, 1.165) is 54.0 Å². The van der Waals surface area contributed by atoms with E-state index < -0.39 is 10.2 Å². The van der Waals surface area contributed by atoms with Crippen molar-refractivity contribution in [2.45, 2.75) is 25.8 Å². The van der Waals surface area contributed by atoms with Gasteiger partial charge in [0.25, 0.3) is 10.2 Å². The molecule has 0 amide bonds. The second-order valence-electron chi connectivity index (χ2n) is 6.72. The summed E-state index contributed by atoms with van der Waals surface area (Å²) in [4.78, 5) is 6.74. The molecular formula is C18H24N4O4S. The molecule has 0 atom stereocenters. The highest BCUT2D eigenvalue weighted by molar-refractivity contribution is 7.87. The van der Waals surface area contributed by atoms with E-state index in [2.05, 4.69) is 19.3 Å². The normalized spacial score (nSPS) is 18.0. The van der Waals surface area contributed by atoms with Gasteiger partial charge in [0.15, 0.2) is 11.5 Å². The van der Waals surface area contributed by atoms with E-state index in [9.17, 15) is 8.42 Å². The van der Waals surface area contributed by atoms with Crippen LogP contribution in [0.4, 0.5) is 5.69 Å². The molecule has 0 unspecified atom stereocenters. The number of pyridine rings is 1. The number of hydrogen-bond donors (Lipinski definition) is 2. The van der Waals surface area contributed by atoms with Crippen molar-refractivity contribution in [2.24, 2.45) is 0 Å². The molecule has 1 fully saturated rings. The molecule has 2 aliphatic rings. The fraction of sp³-hybridized carbons (Fsp3) is 0.500. The fourth-order valence-electron chi connectivity index (χ4n) is 3.63. The third-order valence-electron chi connectivity index (χ3n) is 4.87. The molecule has 8 nitrogen and oxygen atoms in total. The van der Waals surface area contributed by atoms with Gasteiger partial charge in [0.05, 0.1) is 5.52 Å². The van der Waals surface area contributed by atoms with Gasteiger partial charge < -0.3 is 14.4 Å². The van der Waals surface area contributed by atoms with Crippen LogP contribution in [0.15, 0.2) is 24.4 Å². The Hall–Kier alpha value is -2.10. The lowest BCUT2D eigenvalue weighted by Crippen LogP contribution is -2.48. The molecule has 2 N–H and O–H groups in total. The minimum Gasteiger partial charge on any atom is -0.486 e. The Morgan fingerprint density at radius 1 is 1.19 bits per heavy atom. The number of rotatable bonds is 5. The third-order valence-corrected chi connectivity index (χ3v) is 6.19. The number of aromatic nitrogens is 1. The van der Waals surface area contributed by atoms with Crippen LogP contribution in [0.5, 0.6) is 11.5 Å². The van der Waals surface area contributed by atoms with Gasteiger partial charge in [-0.2, -0.15) is 13.1 Å². The van der Waals surface area contributed by atoms with Crippen LogP contribution in [0.1, 0.15) is 19.8 Å². The highest BCUT2D eigenvalue weighted by atomic mass is 32.2. The highest BCUT2D eigenvalue weighted by Crippen LogP contribution is 2.37. The largest absolute Gasteiger partial charge is 0.486 e. The van der Waals surface area contributed by atoms with Crippen LogP contribution < -0.4 is 23.8 Å². The Morgan fingerprint density at radius 2 is 1.89 bits per heavy atom. The van der Waals surface area contributed by atoms with Crippen LogP contribution in [0.2, 0.25) is 0 Å². The van der Waals surface area contributed by atoms with Gasteiger partial charge in [0.2, 0.25) is 0 Å². The fourth-order valence-corrected chi connectivity index (χ4v) is 4.77. The molecule has 0 aliphatic carbocycles. The maximum atomic E-state index is 11.9. The summed E-state index contributed by atoms with van der Waals surface area (Å²) >= 11 is 0. The van der Waals surface area contributed by atoms with Gasteiger partial charge in [0, 0.05) is 49.0 Å². The number of hydrogen-bond acceptors (Lipinski definition) is 6.